The number of nitriles is 1. The van der Waals surface area contributed by atoms with Crippen LogP contribution in [-0.4, -0.2) is 22.4 Å². The van der Waals surface area contributed by atoms with Gasteiger partial charge in [-0.05, 0) is 48.9 Å². The van der Waals surface area contributed by atoms with Crippen molar-refractivity contribution in [3.63, 3.8) is 0 Å². The Labute approximate surface area is 195 Å². The molecule has 0 bridgehead atoms. The Morgan fingerprint density at radius 3 is 2.50 bits per heavy atom. The minimum absolute atomic E-state index is 0.0108. The molecular weight excluding hydrogens is 432 g/mol. The number of rotatable bonds is 6. The zero-order valence-corrected chi connectivity index (χ0v) is 18.5. The van der Waals surface area contributed by atoms with E-state index in [9.17, 15) is 14.9 Å². The highest BCUT2D eigenvalue weighted by molar-refractivity contribution is 6.10. The second kappa shape index (κ2) is 9.71. The van der Waals surface area contributed by atoms with Gasteiger partial charge in [0.2, 0.25) is 5.88 Å². The molecule has 0 saturated heterocycles. The number of para-hydroxylation sites is 3. The maximum absolute atomic E-state index is 13.3. The van der Waals surface area contributed by atoms with E-state index in [1.165, 1.54) is 17.6 Å². The lowest BCUT2D eigenvalue weighted by molar-refractivity contribution is -0.112. The van der Waals surface area contributed by atoms with E-state index in [-0.39, 0.29) is 17.0 Å². The summed E-state index contributed by atoms with van der Waals surface area (Å²) in [7, 11) is 1.48. The highest BCUT2D eigenvalue weighted by atomic mass is 16.5. The molecule has 8 nitrogen and oxygen atoms in total. The number of aromatic nitrogens is 2. The number of ether oxygens (including phenoxy) is 2. The van der Waals surface area contributed by atoms with Crippen molar-refractivity contribution >= 4 is 23.3 Å². The summed E-state index contributed by atoms with van der Waals surface area (Å²) in [6.45, 7) is 1.86. The summed E-state index contributed by atoms with van der Waals surface area (Å²) >= 11 is 0. The van der Waals surface area contributed by atoms with Crippen LogP contribution in [0.2, 0.25) is 0 Å². The van der Waals surface area contributed by atoms with Gasteiger partial charge in [0, 0.05) is 6.20 Å². The lowest BCUT2D eigenvalue weighted by atomic mass is 10.1. The van der Waals surface area contributed by atoms with Gasteiger partial charge >= 0.3 is 0 Å². The van der Waals surface area contributed by atoms with E-state index in [2.05, 4.69) is 10.3 Å². The Bertz CT molecular complexity index is 1520. The Morgan fingerprint density at radius 2 is 1.76 bits per heavy atom. The number of nitrogens with one attached hydrogen (secondary N) is 1. The smallest absolute Gasteiger partial charge is 0.269 e. The number of fused-ring (bicyclic) bond motifs is 1. The molecule has 4 aromatic rings. The molecule has 1 N–H and O–H groups in total. The van der Waals surface area contributed by atoms with Gasteiger partial charge in [-0.1, -0.05) is 36.4 Å². The quantitative estimate of drug-likeness (QED) is 0.344. The lowest BCUT2D eigenvalue weighted by Gasteiger charge is -2.12. The van der Waals surface area contributed by atoms with Crippen LogP contribution in [0, 0.1) is 18.3 Å². The molecule has 0 radical (unpaired) electrons. The van der Waals surface area contributed by atoms with Crippen molar-refractivity contribution in [1.82, 2.24) is 9.38 Å². The first-order valence-corrected chi connectivity index (χ1v) is 10.3. The summed E-state index contributed by atoms with van der Waals surface area (Å²) in [5.41, 5.74) is 0.786. The van der Waals surface area contributed by atoms with Gasteiger partial charge in [0.25, 0.3) is 11.5 Å². The number of carbonyl (C=O) groups excluding carboxylic acids is 1. The van der Waals surface area contributed by atoms with Crippen LogP contribution in [0.25, 0.3) is 11.7 Å². The van der Waals surface area contributed by atoms with Gasteiger partial charge < -0.3 is 14.8 Å². The van der Waals surface area contributed by atoms with E-state index in [0.717, 1.165) is 5.56 Å². The fourth-order valence-corrected chi connectivity index (χ4v) is 3.29. The standard InChI is InChI=1S/C26H20N4O4/c1-17-9-3-5-11-21(17)34-25-19(26(32)30-14-8-7-13-23(30)29-25)15-18(16-27)24(31)28-20-10-4-6-12-22(20)33-2/h3-15H,1-2H3,(H,28,31)/b18-15-. The number of amides is 1. The SMILES string of the molecule is COc1ccccc1NC(=O)/C(C#N)=C\c1c(Oc2ccccc2C)nc2ccccn2c1=O. The molecule has 8 heteroatoms. The number of nitrogens with zero attached hydrogens (tertiary/aromatic N) is 3. The van der Waals surface area contributed by atoms with E-state index in [1.54, 1.807) is 60.8 Å². The summed E-state index contributed by atoms with van der Waals surface area (Å²) in [6.07, 6.45) is 2.74. The third-order valence-electron chi connectivity index (χ3n) is 5.04. The largest absolute Gasteiger partial charge is 0.495 e. The van der Waals surface area contributed by atoms with Crippen LogP contribution < -0.4 is 20.3 Å². The molecule has 0 atom stereocenters. The minimum Gasteiger partial charge on any atom is -0.495 e. The number of carbonyl (C=O) groups is 1. The van der Waals surface area contributed by atoms with Crippen molar-refractivity contribution in [3.05, 3.63) is 100.0 Å². The average Bonchev–Trinajstić information content (AvgIpc) is 2.85. The molecule has 1 amide bonds. The molecule has 168 valence electrons. The lowest BCUT2D eigenvalue weighted by Crippen LogP contribution is -2.20. The van der Waals surface area contributed by atoms with E-state index >= 15 is 0 Å². The van der Waals surface area contributed by atoms with E-state index in [1.807, 2.05) is 25.1 Å². The predicted molar refractivity (Wildman–Crippen MR) is 128 cm³/mol. The molecule has 2 heterocycles. The van der Waals surface area contributed by atoms with Gasteiger partial charge in [0.05, 0.1) is 12.8 Å². The van der Waals surface area contributed by atoms with Crippen molar-refractivity contribution in [3.8, 4) is 23.4 Å². The maximum Gasteiger partial charge on any atom is 0.269 e. The van der Waals surface area contributed by atoms with Gasteiger partial charge in [-0.2, -0.15) is 10.2 Å². The highest BCUT2D eigenvalue weighted by Crippen LogP contribution is 2.27. The van der Waals surface area contributed by atoms with Crippen LogP contribution in [0.5, 0.6) is 17.4 Å². The van der Waals surface area contributed by atoms with E-state index in [4.69, 9.17) is 9.47 Å². The number of pyridine rings is 1. The van der Waals surface area contributed by atoms with Crippen molar-refractivity contribution in [2.75, 3.05) is 12.4 Å². The Hall–Kier alpha value is -4.90. The normalized spacial score (nSPS) is 11.0. The summed E-state index contributed by atoms with van der Waals surface area (Å²) in [5.74, 6) is 0.222. The number of anilines is 1. The monoisotopic (exact) mass is 452 g/mol. The highest BCUT2D eigenvalue weighted by Gasteiger charge is 2.18. The molecule has 0 aliphatic heterocycles. The molecule has 0 aliphatic carbocycles. The molecule has 0 saturated carbocycles. The third kappa shape index (κ3) is 4.49. The molecule has 2 aromatic heterocycles. The van der Waals surface area contributed by atoms with Crippen molar-refractivity contribution in [2.45, 2.75) is 6.92 Å². The van der Waals surface area contributed by atoms with Gasteiger partial charge in [-0.15, -0.1) is 0 Å². The number of hydrogen-bond donors (Lipinski definition) is 1. The Balaban J connectivity index is 1.82. The van der Waals surface area contributed by atoms with Crippen LogP contribution in [0.15, 0.2) is 83.3 Å². The molecular formula is C26H20N4O4. The first-order chi connectivity index (χ1) is 16.5. The number of methoxy groups -OCH3 is 1. The van der Waals surface area contributed by atoms with Crippen molar-refractivity contribution in [1.29, 1.82) is 5.26 Å². The topological polar surface area (TPSA) is 106 Å². The van der Waals surface area contributed by atoms with Gasteiger partial charge in [0.15, 0.2) is 0 Å². The molecule has 0 unspecified atom stereocenters. The number of aryl methyl sites for hydroxylation is 1. The molecule has 2 aromatic carbocycles. The first kappa shape index (κ1) is 22.3. The van der Waals surface area contributed by atoms with Crippen LogP contribution in [0.1, 0.15) is 11.1 Å². The third-order valence-corrected chi connectivity index (χ3v) is 5.04. The van der Waals surface area contributed by atoms with E-state index < -0.39 is 11.5 Å². The zero-order valence-electron chi connectivity index (χ0n) is 18.5. The summed E-state index contributed by atoms with van der Waals surface area (Å²) in [6, 6.07) is 21.0. The first-order valence-electron chi connectivity index (χ1n) is 10.3. The molecule has 0 fully saturated rings. The number of hydrogen-bond acceptors (Lipinski definition) is 6. The van der Waals surface area contributed by atoms with Gasteiger partial charge in [-0.3, -0.25) is 14.0 Å². The number of benzene rings is 2. The zero-order chi connectivity index (χ0) is 24.1. The van der Waals surface area contributed by atoms with Gasteiger partial charge in [0.1, 0.15) is 34.4 Å². The Morgan fingerprint density at radius 1 is 1.06 bits per heavy atom. The second-order valence-corrected chi connectivity index (χ2v) is 7.26. The van der Waals surface area contributed by atoms with Crippen LogP contribution >= 0.6 is 0 Å². The minimum atomic E-state index is -0.702. The summed E-state index contributed by atoms with van der Waals surface area (Å²) in [5, 5.41) is 12.4. The molecule has 0 spiro atoms. The predicted octanol–water partition coefficient (Wildman–Crippen LogP) is 4.35. The fraction of sp³-hybridized carbons (Fsp3) is 0.0769. The maximum atomic E-state index is 13.3. The summed E-state index contributed by atoms with van der Waals surface area (Å²) < 4.78 is 12.5. The van der Waals surface area contributed by atoms with Crippen molar-refractivity contribution in [2.24, 2.45) is 0 Å². The van der Waals surface area contributed by atoms with Crippen LogP contribution in [0.4, 0.5) is 5.69 Å². The Kier molecular flexibility index (Phi) is 6.37. The molecule has 0 aliphatic rings. The van der Waals surface area contributed by atoms with Crippen molar-refractivity contribution < 1.29 is 14.3 Å². The fourth-order valence-electron chi connectivity index (χ4n) is 3.29. The van der Waals surface area contributed by atoms with Crippen LogP contribution in [-0.2, 0) is 4.79 Å². The van der Waals surface area contributed by atoms with Gasteiger partial charge in [-0.25, -0.2) is 0 Å². The van der Waals surface area contributed by atoms with E-state index in [0.29, 0.717) is 22.8 Å². The molecule has 34 heavy (non-hydrogen) atoms. The second-order valence-electron chi connectivity index (χ2n) is 7.26. The molecule has 4 rings (SSSR count). The summed E-state index contributed by atoms with van der Waals surface area (Å²) in [4.78, 5) is 30.6. The van der Waals surface area contributed by atoms with Crippen LogP contribution in [0.3, 0.4) is 0 Å². The average molecular weight is 452 g/mol.